The zero-order valence-corrected chi connectivity index (χ0v) is 10.1. The van der Waals surface area contributed by atoms with Crippen molar-refractivity contribution in [1.29, 1.82) is 0 Å². The summed E-state index contributed by atoms with van der Waals surface area (Å²) in [5.41, 5.74) is 1.78. The lowest BCUT2D eigenvalue weighted by Crippen LogP contribution is -2.26. The summed E-state index contributed by atoms with van der Waals surface area (Å²) in [6.07, 6.45) is 2.45. The van der Waals surface area contributed by atoms with Crippen LogP contribution in [0.5, 0.6) is 0 Å². The van der Waals surface area contributed by atoms with Crippen molar-refractivity contribution in [3.05, 3.63) is 11.4 Å². The molecule has 1 N–H and O–H groups in total. The average molecular weight is 211 g/mol. The van der Waals surface area contributed by atoms with Gasteiger partial charge in [-0.2, -0.15) is 0 Å². The van der Waals surface area contributed by atoms with Crippen molar-refractivity contribution in [2.45, 2.75) is 53.1 Å². The molecule has 15 heavy (non-hydrogen) atoms. The second-order valence-corrected chi connectivity index (χ2v) is 4.55. The molecule has 0 aliphatic carbocycles. The molecule has 1 heterocycles. The van der Waals surface area contributed by atoms with Gasteiger partial charge in [0, 0.05) is 12.6 Å². The monoisotopic (exact) mass is 211 g/mol. The van der Waals surface area contributed by atoms with Crippen LogP contribution >= 0.6 is 0 Å². The molecule has 1 unspecified atom stereocenters. The third-order valence-corrected chi connectivity index (χ3v) is 2.54. The molecule has 4 nitrogen and oxygen atoms in total. The van der Waals surface area contributed by atoms with Crippen molar-refractivity contribution in [3.8, 4) is 0 Å². The van der Waals surface area contributed by atoms with E-state index in [4.69, 9.17) is 0 Å². The Morgan fingerprint density at radius 1 is 1.20 bits per heavy atom. The summed E-state index contributed by atoms with van der Waals surface area (Å²) in [6.45, 7) is 9.35. The topological polar surface area (TPSA) is 51.0 Å². The van der Waals surface area contributed by atoms with Gasteiger partial charge in [0.05, 0.1) is 0 Å². The van der Waals surface area contributed by atoms with Crippen molar-refractivity contribution in [2.24, 2.45) is 5.92 Å². The normalized spacial score (nSPS) is 13.4. The smallest absolute Gasteiger partial charge is 0.121 e. The summed E-state index contributed by atoms with van der Waals surface area (Å²) in [5.74, 6) is 0.768. The number of hydrogen-bond donors (Lipinski definition) is 1. The molecule has 0 saturated heterocycles. The fourth-order valence-electron chi connectivity index (χ4n) is 1.37. The lowest BCUT2D eigenvalue weighted by Gasteiger charge is -2.13. The van der Waals surface area contributed by atoms with Gasteiger partial charge in [0.25, 0.3) is 0 Å². The van der Waals surface area contributed by atoms with Crippen LogP contribution in [0.3, 0.4) is 0 Å². The highest BCUT2D eigenvalue weighted by atomic mass is 16.6. The molecule has 0 saturated carbocycles. The van der Waals surface area contributed by atoms with Gasteiger partial charge in [-0.05, 0) is 32.6 Å². The Balaban J connectivity index is 2.22. The molecule has 1 rings (SSSR count). The minimum absolute atomic E-state index is 0.517. The standard InChI is InChI=1S/C11H21N3O/c1-8(2)5-6-9(3)12-7-11-10(4)13-15-14-11/h8-9,12H,5-7H2,1-4H3. The van der Waals surface area contributed by atoms with Crippen LogP contribution in [0.25, 0.3) is 0 Å². The van der Waals surface area contributed by atoms with Crippen LogP contribution in [0.4, 0.5) is 0 Å². The summed E-state index contributed by atoms with van der Waals surface area (Å²) in [7, 11) is 0. The fourth-order valence-corrected chi connectivity index (χ4v) is 1.37. The minimum Gasteiger partial charge on any atom is -0.308 e. The van der Waals surface area contributed by atoms with Crippen LogP contribution in [0.15, 0.2) is 4.63 Å². The zero-order valence-electron chi connectivity index (χ0n) is 10.1. The Bertz CT molecular complexity index is 283. The molecule has 0 radical (unpaired) electrons. The average Bonchev–Trinajstić information content (AvgIpc) is 2.58. The molecular weight excluding hydrogens is 190 g/mol. The summed E-state index contributed by atoms with van der Waals surface area (Å²) in [5, 5.41) is 11.0. The van der Waals surface area contributed by atoms with Gasteiger partial charge in [0.1, 0.15) is 11.4 Å². The molecule has 1 aromatic heterocycles. The number of aromatic nitrogens is 2. The highest BCUT2D eigenvalue weighted by Gasteiger charge is 2.07. The predicted molar refractivity (Wildman–Crippen MR) is 59.4 cm³/mol. The summed E-state index contributed by atoms with van der Waals surface area (Å²) in [4.78, 5) is 0. The Labute approximate surface area is 91.4 Å². The van der Waals surface area contributed by atoms with Crippen molar-refractivity contribution in [3.63, 3.8) is 0 Å². The third-order valence-electron chi connectivity index (χ3n) is 2.54. The van der Waals surface area contributed by atoms with Gasteiger partial charge < -0.3 is 5.32 Å². The van der Waals surface area contributed by atoms with E-state index in [9.17, 15) is 0 Å². The van der Waals surface area contributed by atoms with Gasteiger partial charge in [-0.1, -0.05) is 24.2 Å². The summed E-state index contributed by atoms with van der Waals surface area (Å²) >= 11 is 0. The second-order valence-electron chi connectivity index (χ2n) is 4.55. The van der Waals surface area contributed by atoms with E-state index in [-0.39, 0.29) is 0 Å². The van der Waals surface area contributed by atoms with E-state index in [2.05, 4.69) is 41.0 Å². The van der Waals surface area contributed by atoms with Crippen LogP contribution in [-0.4, -0.2) is 16.4 Å². The molecular formula is C11H21N3O. The van der Waals surface area contributed by atoms with Crippen LogP contribution in [0.1, 0.15) is 45.0 Å². The Kier molecular flexibility index (Phi) is 4.75. The summed E-state index contributed by atoms with van der Waals surface area (Å²) in [6, 6.07) is 0.517. The lowest BCUT2D eigenvalue weighted by atomic mass is 10.0. The predicted octanol–water partition coefficient (Wildman–Crippen LogP) is 2.29. The minimum atomic E-state index is 0.517. The van der Waals surface area contributed by atoms with E-state index in [0.717, 1.165) is 23.9 Å². The zero-order chi connectivity index (χ0) is 11.3. The van der Waals surface area contributed by atoms with E-state index < -0.39 is 0 Å². The maximum atomic E-state index is 4.64. The molecule has 0 aliphatic rings. The Hall–Kier alpha value is -0.900. The Morgan fingerprint density at radius 3 is 2.47 bits per heavy atom. The molecule has 4 heteroatoms. The molecule has 0 aliphatic heterocycles. The number of nitrogens with one attached hydrogen (secondary N) is 1. The molecule has 0 amide bonds. The van der Waals surface area contributed by atoms with Gasteiger partial charge in [-0.25, -0.2) is 4.63 Å². The van der Waals surface area contributed by atoms with Crippen molar-refractivity contribution < 1.29 is 4.63 Å². The van der Waals surface area contributed by atoms with Crippen LogP contribution in [-0.2, 0) is 6.54 Å². The molecule has 1 aromatic rings. The maximum Gasteiger partial charge on any atom is 0.121 e. The second kappa shape index (κ2) is 5.85. The highest BCUT2D eigenvalue weighted by molar-refractivity contribution is 5.03. The number of aryl methyl sites for hydroxylation is 1. The van der Waals surface area contributed by atoms with E-state index in [1.807, 2.05) is 6.92 Å². The first kappa shape index (κ1) is 12.2. The van der Waals surface area contributed by atoms with E-state index in [0.29, 0.717) is 6.04 Å². The van der Waals surface area contributed by atoms with Crippen molar-refractivity contribution in [1.82, 2.24) is 15.6 Å². The third kappa shape index (κ3) is 4.42. The molecule has 0 aromatic carbocycles. The lowest BCUT2D eigenvalue weighted by molar-refractivity contribution is 0.299. The van der Waals surface area contributed by atoms with Crippen LogP contribution in [0, 0.1) is 12.8 Å². The van der Waals surface area contributed by atoms with E-state index in [1.165, 1.54) is 12.8 Å². The fraction of sp³-hybridized carbons (Fsp3) is 0.818. The van der Waals surface area contributed by atoms with Gasteiger partial charge in [-0.15, -0.1) is 0 Å². The first-order valence-electron chi connectivity index (χ1n) is 5.61. The highest BCUT2D eigenvalue weighted by Crippen LogP contribution is 2.07. The largest absolute Gasteiger partial charge is 0.308 e. The first-order chi connectivity index (χ1) is 7.09. The summed E-state index contributed by atoms with van der Waals surface area (Å²) < 4.78 is 4.64. The van der Waals surface area contributed by atoms with Crippen molar-refractivity contribution in [2.75, 3.05) is 0 Å². The van der Waals surface area contributed by atoms with Gasteiger partial charge >= 0.3 is 0 Å². The van der Waals surface area contributed by atoms with Crippen LogP contribution < -0.4 is 5.32 Å². The quantitative estimate of drug-likeness (QED) is 0.784. The first-order valence-corrected chi connectivity index (χ1v) is 5.61. The van der Waals surface area contributed by atoms with Gasteiger partial charge in [-0.3, -0.25) is 0 Å². The van der Waals surface area contributed by atoms with Gasteiger partial charge in [0.2, 0.25) is 0 Å². The number of rotatable bonds is 6. The van der Waals surface area contributed by atoms with Crippen LogP contribution in [0.2, 0.25) is 0 Å². The van der Waals surface area contributed by atoms with E-state index in [1.54, 1.807) is 0 Å². The van der Waals surface area contributed by atoms with E-state index >= 15 is 0 Å². The van der Waals surface area contributed by atoms with Gasteiger partial charge in [0.15, 0.2) is 0 Å². The maximum absolute atomic E-state index is 4.64. The molecule has 0 fully saturated rings. The molecule has 0 bridgehead atoms. The molecule has 1 atom stereocenters. The number of hydrogen-bond acceptors (Lipinski definition) is 4. The Morgan fingerprint density at radius 2 is 1.93 bits per heavy atom. The molecule has 86 valence electrons. The molecule has 0 spiro atoms. The number of nitrogens with zero attached hydrogens (tertiary/aromatic N) is 2. The SMILES string of the molecule is Cc1nonc1CNC(C)CCC(C)C. The van der Waals surface area contributed by atoms with Crippen molar-refractivity contribution >= 4 is 0 Å².